The van der Waals surface area contributed by atoms with Gasteiger partial charge in [-0.1, -0.05) is 36.4 Å². The summed E-state index contributed by atoms with van der Waals surface area (Å²) >= 11 is 1.60. The molecule has 3 heteroatoms. The molecule has 1 aromatic heterocycles. The fraction of sp³-hybridized carbons (Fsp3) is 0.118. The molecule has 1 N–H and O–H groups in total. The second kappa shape index (κ2) is 5.55. The minimum absolute atomic E-state index is 0.163. The van der Waals surface area contributed by atoms with Gasteiger partial charge in [-0.15, -0.1) is 11.8 Å². The molecule has 0 bridgehead atoms. The van der Waals surface area contributed by atoms with Gasteiger partial charge in [0.15, 0.2) is 5.78 Å². The monoisotopic (exact) mass is 281 g/mol. The van der Waals surface area contributed by atoms with Crippen LogP contribution in [-0.2, 0) is 0 Å². The fourth-order valence-corrected chi connectivity index (χ4v) is 3.15. The molecular weight excluding hydrogens is 266 g/mol. The number of thioether (sulfide) groups is 1. The Morgan fingerprint density at radius 3 is 2.70 bits per heavy atom. The van der Waals surface area contributed by atoms with Gasteiger partial charge in [-0.3, -0.25) is 4.79 Å². The van der Waals surface area contributed by atoms with E-state index >= 15 is 0 Å². The molecule has 0 aliphatic rings. The third kappa shape index (κ3) is 2.49. The number of H-pyrrole nitrogens is 1. The highest BCUT2D eigenvalue weighted by molar-refractivity contribution is 8.00. The van der Waals surface area contributed by atoms with Crippen LogP contribution < -0.4 is 0 Å². The summed E-state index contributed by atoms with van der Waals surface area (Å²) in [6, 6.07) is 16.0. The van der Waals surface area contributed by atoms with Crippen molar-refractivity contribution in [3.8, 4) is 0 Å². The van der Waals surface area contributed by atoms with Crippen molar-refractivity contribution in [2.75, 3.05) is 5.75 Å². The molecule has 100 valence electrons. The van der Waals surface area contributed by atoms with E-state index in [2.05, 4.69) is 24.0 Å². The third-order valence-corrected chi connectivity index (χ3v) is 4.52. The average molecular weight is 281 g/mol. The molecule has 0 atom stereocenters. The zero-order valence-corrected chi connectivity index (χ0v) is 12.0. The lowest BCUT2D eigenvalue weighted by atomic mass is 10.1. The molecule has 0 saturated carbocycles. The number of ketones is 1. The maximum Gasteiger partial charge on any atom is 0.175 e. The van der Waals surface area contributed by atoms with E-state index in [4.69, 9.17) is 0 Å². The molecule has 0 radical (unpaired) electrons. The number of Topliss-reactive ketones (excluding diaryl/α,β-unsaturated/α-hetero) is 1. The maximum absolute atomic E-state index is 12.4. The summed E-state index contributed by atoms with van der Waals surface area (Å²) in [5, 5.41) is 1.00. The molecule has 3 aromatic rings. The normalized spacial score (nSPS) is 10.8. The van der Waals surface area contributed by atoms with Crippen LogP contribution in [0.15, 0.2) is 59.6 Å². The van der Waals surface area contributed by atoms with Crippen LogP contribution >= 0.6 is 11.8 Å². The van der Waals surface area contributed by atoms with Crippen molar-refractivity contribution in [2.45, 2.75) is 11.8 Å². The van der Waals surface area contributed by atoms with Crippen LogP contribution in [-0.4, -0.2) is 16.5 Å². The lowest BCUT2D eigenvalue weighted by Gasteiger charge is -2.04. The first-order valence-corrected chi connectivity index (χ1v) is 7.52. The number of nitrogens with one attached hydrogen (secondary N) is 1. The smallest absolute Gasteiger partial charge is 0.175 e. The average Bonchev–Trinajstić information content (AvgIpc) is 2.90. The number of hydrogen-bond donors (Lipinski definition) is 1. The van der Waals surface area contributed by atoms with Crippen molar-refractivity contribution in [3.05, 3.63) is 65.9 Å². The van der Waals surface area contributed by atoms with E-state index in [-0.39, 0.29) is 5.78 Å². The van der Waals surface area contributed by atoms with E-state index in [9.17, 15) is 4.79 Å². The predicted octanol–water partition coefficient (Wildman–Crippen LogP) is 4.45. The highest BCUT2D eigenvalue weighted by atomic mass is 32.2. The standard InChI is InChI=1S/C17H15NOS/c1-12-6-2-5-9-17(12)20-11-16(19)14-10-18-15-8-4-3-7-13(14)15/h2-10,18H,11H2,1H3. The van der Waals surface area contributed by atoms with Crippen LogP contribution in [0.5, 0.6) is 0 Å². The number of benzene rings is 2. The Balaban J connectivity index is 1.79. The highest BCUT2D eigenvalue weighted by Gasteiger charge is 2.12. The van der Waals surface area contributed by atoms with Gasteiger partial charge in [-0.05, 0) is 24.6 Å². The molecule has 3 rings (SSSR count). The summed E-state index contributed by atoms with van der Waals surface area (Å²) in [7, 11) is 0. The number of aromatic nitrogens is 1. The lowest BCUT2D eigenvalue weighted by molar-refractivity contribution is 0.102. The number of aromatic amines is 1. The molecule has 0 unspecified atom stereocenters. The lowest BCUT2D eigenvalue weighted by Crippen LogP contribution is -2.01. The Bertz CT molecular complexity index is 760. The van der Waals surface area contributed by atoms with Gasteiger partial charge in [0.2, 0.25) is 0 Å². The van der Waals surface area contributed by atoms with Crippen LogP contribution in [0.4, 0.5) is 0 Å². The topological polar surface area (TPSA) is 32.9 Å². The SMILES string of the molecule is Cc1ccccc1SCC(=O)c1c[nH]c2ccccc12. The second-order valence-corrected chi connectivity index (χ2v) is 5.74. The molecule has 0 saturated heterocycles. The van der Waals surface area contributed by atoms with Gasteiger partial charge < -0.3 is 4.98 Å². The highest BCUT2D eigenvalue weighted by Crippen LogP contribution is 2.25. The third-order valence-electron chi connectivity index (χ3n) is 3.34. The van der Waals surface area contributed by atoms with Gasteiger partial charge in [0.05, 0.1) is 5.75 Å². The van der Waals surface area contributed by atoms with Crippen LogP contribution in [0.1, 0.15) is 15.9 Å². The molecule has 2 nitrogen and oxygen atoms in total. The van der Waals surface area contributed by atoms with Crippen molar-refractivity contribution >= 4 is 28.4 Å². The second-order valence-electron chi connectivity index (χ2n) is 4.73. The summed E-state index contributed by atoms with van der Waals surface area (Å²) in [6.07, 6.45) is 1.81. The summed E-state index contributed by atoms with van der Waals surface area (Å²) in [4.78, 5) is 16.7. The Labute approximate surface area is 122 Å². The largest absolute Gasteiger partial charge is 0.360 e. The number of fused-ring (bicyclic) bond motifs is 1. The van der Waals surface area contributed by atoms with Crippen LogP contribution in [0, 0.1) is 6.92 Å². The Morgan fingerprint density at radius 1 is 1.10 bits per heavy atom. The molecule has 0 aliphatic heterocycles. The minimum Gasteiger partial charge on any atom is -0.360 e. The van der Waals surface area contributed by atoms with Crippen molar-refractivity contribution in [3.63, 3.8) is 0 Å². The van der Waals surface area contributed by atoms with Gasteiger partial charge in [0.25, 0.3) is 0 Å². The number of aryl methyl sites for hydroxylation is 1. The zero-order chi connectivity index (χ0) is 13.9. The van der Waals surface area contributed by atoms with Gasteiger partial charge >= 0.3 is 0 Å². The molecule has 2 aromatic carbocycles. The van der Waals surface area contributed by atoms with Crippen molar-refractivity contribution in [2.24, 2.45) is 0 Å². The molecular formula is C17H15NOS. The zero-order valence-electron chi connectivity index (χ0n) is 11.2. The van der Waals surface area contributed by atoms with Gasteiger partial charge in [0.1, 0.15) is 0 Å². The number of para-hydroxylation sites is 1. The minimum atomic E-state index is 0.163. The number of rotatable bonds is 4. The molecule has 0 spiro atoms. The van der Waals surface area contributed by atoms with Crippen molar-refractivity contribution < 1.29 is 4.79 Å². The summed E-state index contributed by atoms with van der Waals surface area (Å²) in [5.41, 5.74) is 3.00. The molecule has 0 aliphatic carbocycles. The molecule has 1 heterocycles. The fourth-order valence-electron chi connectivity index (χ4n) is 2.24. The van der Waals surface area contributed by atoms with E-state index in [1.165, 1.54) is 10.5 Å². The molecule has 0 fully saturated rings. The Morgan fingerprint density at radius 2 is 1.85 bits per heavy atom. The predicted molar refractivity (Wildman–Crippen MR) is 84.5 cm³/mol. The van der Waals surface area contributed by atoms with Gasteiger partial charge in [-0.25, -0.2) is 0 Å². The van der Waals surface area contributed by atoms with E-state index < -0.39 is 0 Å². The Kier molecular flexibility index (Phi) is 3.61. The Hall–Kier alpha value is -2.00. The first-order valence-electron chi connectivity index (χ1n) is 6.53. The maximum atomic E-state index is 12.4. The number of carbonyl (C=O) groups excluding carboxylic acids is 1. The number of carbonyl (C=O) groups is 1. The first kappa shape index (κ1) is 13.0. The quantitative estimate of drug-likeness (QED) is 0.566. The van der Waals surface area contributed by atoms with Crippen molar-refractivity contribution in [1.29, 1.82) is 0 Å². The van der Waals surface area contributed by atoms with E-state index in [1.807, 2.05) is 42.6 Å². The summed E-state index contributed by atoms with van der Waals surface area (Å²) < 4.78 is 0. The van der Waals surface area contributed by atoms with E-state index in [1.54, 1.807) is 11.8 Å². The van der Waals surface area contributed by atoms with E-state index in [0.717, 1.165) is 16.5 Å². The van der Waals surface area contributed by atoms with Crippen molar-refractivity contribution in [1.82, 2.24) is 4.98 Å². The molecule has 20 heavy (non-hydrogen) atoms. The van der Waals surface area contributed by atoms with Crippen LogP contribution in [0.25, 0.3) is 10.9 Å². The first-order chi connectivity index (χ1) is 9.75. The van der Waals surface area contributed by atoms with Gasteiger partial charge in [0, 0.05) is 27.6 Å². The van der Waals surface area contributed by atoms with Gasteiger partial charge in [-0.2, -0.15) is 0 Å². The summed E-state index contributed by atoms with van der Waals surface area (Å²) in [5.74, 6) is 0.628. The van der Waals surface area contributed by atoms with E-state index in [0.29, 0.717) is 5.75 Å². The number of hydrogen-bond acceptors (Lipinski definition) is 2. The van der Waals surface area contributed by atoms with Crippen LogP contribution in [0.3, 0.4) is 0 Å². The van der Waals surface area contributed by atoms with Crippen LogP contribution in [0.2, 0.25) is 0 Å². The summed E-state index contributed by atoms with van der Waals surface area (Å²) in [6.45, 7) is 2.07. The molecule has 0 amide bonds.